The number of aromatic nitrogens is 7. The highest BCUT2D eigenvalue weighted by Gasteiger charge is 2.43. The SMILES string of the molecule is Cc1cnn(C(C)c2c(F)c(Cl)c(-c3cn4cc(NC(=O)C5CC5F)nc4cn3)c3cn[nH]c23)c1. The van der Waals surface area contributed by atoms with Crippen LogP contribution in [0.2, 0.25) is 5.02 Å². The van der Waals surface area contributed by atoms with Gasteiger partial charge in [0.1, 0.15) is 12.0 Å². The first-order chi connectivity index (χ1) is 16.8. The molecule has 35 heavy (non-hydrogen) atoms. The average Bonchev–Trinajstić information content (AvgIpc) is 3.19. The zero-order valence-electron chi connectivity index (χ0n) is 18.6. The summed E-state index contributed by atoms with van der Waals surface area (Å²) < 4.78 is 32.2. The number of hydrogen-bond donors (Lipinski definition) is 2. The zero-order chi connectivity index (χ0) is 24.4. The molecule has 1 fully saturated rings. The van der Waals surface area contributed by atoms with Crippen LogP contribution in [0, 0.1) is 18.7 Å². The second-order valence-corrected chi connectivity index (χ2v) is 9.14. The molecule has 12 heteroatoms. The first kappa shape index (κ1) is 21.7. The lowest BCUT2D eigenvalue weighted by molar-refractivity contribution is -0.117. The molecule has 6 rings (SSSR count). The molecule has 1 saturated carbocycles. The lowest BCUT2D eigenvalue weighted by atomic mass is 9.98. The van der Waals surface area contributed by atoms with Crippen molar-refractivity contribution in [3.8, 4) is 11.3 Å². The fourth-order valence-corrected chi connectivity index (χ4v) is 4.60. The van der Waals surface area contributed by atoms with Gasteiger partial charge in [-0.2, -0.15) is 10.2 Å². The van der Waals surface area contributed by atoms with E-state index in [2.05, 4.69) is 30.6 Å². The predicted octanol–water partition coefficient (Wildman–Crippen LogP) is 4.48. The highest BCUT2D eigenvalue weighted by molar-refractivity contribution is 6.35. The van der Waals surface area contributed by atoms with E-state index in [9.17, 15) is 9.18 Å². The van der Waals surface area contributed by atoms with E-state index in [-0.39, 0.29) is 17.3 Å². The number of nitrogens with zero attached hydrogens (tertiary/aromatic N) is 6. The van der Waals surface area contributed by atoms with Crippen molar-refractivity contribution in [3.63, 3.8) is 0 Å². The average molecular weight is 497 g/mol. The molecule has 178 valence electrons. The van der Waals surface area contributed by atoms with Gasteiger partial charge >= 0.3 is 0 Å². The van der Waals surface area contributed by atoms with Gasteiger partial charge in [0.05, 0.1) is 53.0 Å². The zero-order valence-corrected chi connectivity index (χ0v) is 19.4. The molecule has 5 aromatic rings. The van der Waals surface area contributed by atoms with Crippen molar-refractivity contribution in [2.24, 2.45) is 5.92 Å². The molecule has 4 aromatic heterocycles. The summed E-state index contributed by atoms with van der Waals surface area (Å²) in [6.07, 6.45) is 8.95. The number of carbonyl (C=O) groups excluding carboxylic acids is 1. The van der Waals surface area contributed by atoms with E-state index in [4.69, 9.17) is 11.6 Å². The molecular weight excluding hydrogens is 478 g/mol. The Bertz CT molecular complexity index is 1620. The van der Waals surface area contributed by atoms with Crippen molar-refractivity contribution in [1.82, 2.24) is 34.3 Å². The van der Waals surface area contributed by atoms with Gasteiger partial charge in [0.2, 0.25) is 5.91 Å². The first-order valence-electron chi connectivity index (χ1n) is 11.0. The summed E-state index contributed by atoms with van der Waals surface area (Å²) in [5.74, 6) is -1.35. The second-order valence-electron chi connectivity index (χ2n) is 8.76. The minimum atomic E-state index is -1.10. The van der Waals surface area contributed by atoms with E-state index in [1.54, 1.807) is 33.9 Å². The molecule has 1 aliphatic carbocycles. The molecule has 0 bridgehead atoms. The largest absolute Gasteiger partial charge is 0.309 e. The molecule has 3 unspecified atom stereocenters. The standard InChI is InChI=1S/C23H19ClF2N8O/c1-10-4-29-34(7-10)11(2)18-21(26)20(24)19(13-5-28-32-22(13)18)15-8-33-9-16(30-17(33)6-27-15)31-23(35)12-3-14(12)25/h4-9,11-12,14H,3H2,1-2H3,(H,28,32)(H,31,35). The van der Waals surface area contributed by atoms with Crippen molar-refractivity contribution in [3.05, 3.63) is 59.1 Å². The summed E-state index contributed by atoms with van der Waals surface area (Å²) in [6, 6.07) is -0.441. The van der Waals surface area contributed by atoms with Crippen LogP contribution in [0.15, 0.2) is 37.2 Å². The maximum Gasteiger partial charge on any atom is 0.231 e. The molecule has 2 N–H and O–H groups in total. The van der Waals surface area contributed by atoms with Gasteiger partial charge in [-0.05, 0) is 25.8 Å². The number of carbonyl (C=O) groups is 1. The third-order valence-electron chi connectivity index (χ3n) is 6.27. The van der Waals surface area contributed by atoms with Gasteiger partial charge in [-0.3, -0.25) is 19.6 Å². The molecule has 1 aromatic carbocycles. The number of imidazole rings is 1. The number of H-pyrrole nitrogens is 1. The fraction of sp³-hybridized carbons (Fsp3) is 0.261. The Kier molecular flexibility index (Phi) is 4.85. The number of hydrogen-bond acceptors (Lipinski definition) is 5. The lowest BCUT2D eigenvalue weighted by Crippen LogP contribution is -2.15. The van der Waals surface area contributed by atoms with Gasteiger partial charge in [-0.1, -0.05) is 11.6 Å². The Balaban J connectivity index is 1.42. The van der Waals surface area contributed by atoms with E-state index < -0.39 is 29.9 Å². The number of halogens is 3. The maximum atomic E-state index is 15.7. The summed E-state index contributed by atoms with van der Waals surface area (Å²) in [6.45, 7) is 3.74. The number of alkyl halides is 1. The van der Waals surface area contributed by atoms with Gasteiger partial charge in [0.15, 0.2) is 11.5 Å². The van der Waals surface area contributed by atoms with Crippen LogP contribution in [-0.4, -0.2) is 46.4 Å². The van der Waals surface area contributed by atoms with Gasteiger partial charge in [0.25, 0.3) is 0 Å². The van der Waals surface area contributed by atoms with Gasteiger partial charge < -0.3 is 9.72 Å². The Hall–Kier alpha value is -3.86. The molecular formula is C23H19ClF2N8O. The monoisotopic (exact) mass is 496 g/mol. The number of nitrogens with one attached hydrogen (secondary N) is 2. The van der Waals surface area contributed by atoms with Crippen molar-refractivity contribution in [2.75, 3.05) is 5.32 Å². The molecule has 0 spiro atoms. The van der Waals surface area contributed by atoms with E-state index in [0.29, 0.717) is 33.4 Å². The number of aryl methyl sites for hydroxylation is 1. The Morgan fingerprint density at radius 1 is 1.29 bits per heavy atom. The van der Waals surface area contributed by atoms with E-state index in [1.165, 1.54) is 6.20 Å². The molecule has 4 heterocycles. The molecule has 0 aliphatic heterocycles. The molecule has 0 radical (unpaired) electrons. The first-order valence-corrected chi connectivity index (χ1v) is 11.3. The summed E-state index contributed by atoms with van der Waals surface area (Å²) in [4.78, 5) is 20.8. The van der Waals surface area contributed by atoms with Crippen LogP contribution in [0.3, 0.4) is 0 Å². The molecule has 1 amide bonds. The van der Waals surface area contributed by atoms with Crippen LogP contribution < -0.4 is 5.32 Å². The van der Waals surface area contributed by atoms with E-state index in [0.717, 1.165) is 5.56 Å². The lowest BCUT2D eigenvalue weighted by Gasteiger charge is -2.17. The minimum Gasteiger partial charge on any atom is -0.309 e. The third-order valence-corrected chi connectivity index (χ3v) is 6.62. The molecule has 1 aliphatic rings. The normalized spacial score (nSPS) is 18.3. The Morgan fingerprint density at radius 3 is 2.80 bits per heavy atom. The van der Waals surface area contributed by atoms with Crippen molar-refractivity contribution in [2.45, 2.75) is 32.5 Å². The molecule has 9 nitrogen and oxygen atoms in total. The molecule has 0 saturated heterocycles. The summed E-state index contributed by atoms with van der Waals surface area (Å²) >= 11 is 6.58. The van der Waals surface area contributed by atoms with E-state index >= 15 is 4.39 Å². The van der Waals surface area contributed by atoms with Crippen LogP contribution in [-0.2, 0) is 4.79 Å². The number of amides is 1. The predicted molar refractivity (Wildman–Crippen MR) is 125 cm³/mol. The van der Waals surface area contributed by atoms with Crippen LogP contribution in [0.1, 0.15) is 30.5 Å². The molecule has 3 atom stereocenters. The van der Waals surface area contributed by atoms with Gasteiger partial charge in [0, 0.05) is 28.9 Å². The fourth-order valence-electron chi connectivity index (χ4n) is 4.30. The number of anilines is 1. The smallest absolute Gasteiger partial charge is 0.231 e. The van der Waals surface area contributed by atoms with Crippen molar-refractivity contribution >= 4 is 39.9 Å². The number of aromatic amines is 1. The summed E-state index contributed by atoms with van der Waals surface area (Å²) in [7, 11) is 0. The van der Waals surface area contributed by atoms with Crippen LogP contribution in [0.4, 0.5) is 14.6 Å². The highest BCUT2D eigenvalue weighted by atomic mass is 35.5. The highest BCUT2D eigenvalue weighted by Crippen LogP contribution is 2.41. The van der Waals surface area contributed by atoms with Gasteiger partial charge in [-0.25, -0.2) is 13.8 Å². The number of benzene rings is 1. The van der Waals surface area contributed by atoms with Crippen molar-refractivity contribution in [1.29, 1.82) is 0 Å². The Labute approximate surface area is 202 Å². The minimum absolute atomic E-state index is 0.0900. The van der Waals surface area contributed by atoms with Gasteiger partial charge in [-0.15, -0.1) is 0 Å². The van der Waals surface area contributed by atoms with Crippen LogP contribution >= 0.6 is 11.6 Å². The maximum absolute atomic E-state index is 15.7. The van der Waals surface area contributed by atoms with Crippen LogP contribution in [0.25, 0.3) is 27.8 Å². The summed E-state index contributed by atoms with van der Waals surface area (Å²) in [5.41, 5.74) is 3.01. The Morgan fingerprint density at radius 2 is 2.09 bits per heavy atom. The second kappa shape index (κ2) is 7.84. The van der Waals surface area contributed by atoms with Crippen LogP contribution in [0.5, 0.6) is 0 Å². The number of fused-ring (bicyclic) bond motifs is 2. The van der Waals surface area contributed by atoms with E-state index in [1.807, 2.05) is 20.0 Å². The number of rotatable bonds is 5. The summed E-state index contributed by atoms with van der Waals surface area (Å²) in [5, 5.41) is 14.5. The topological polar surface area (TPSA) is 106 Å². The quantitative estimate of drug-likeness (QED) is 0.373. The third kappa shape index (κ3) is 3.54. The van der Waals surface area contributed by atoms with Crippen molar-refractivity contribution < 1.29 is 13.6 Å².